The van der Waals surface area contributed by atoms with Crippen molar-refractivity contribution < 1.29 is 25.3 Å². The lowest BCUT2D eigenvalue weighted by atomic mass is 10.2. The highest BCUT2D eigenvalue weighted by molar-refractivity contribution is 4.39. The van der Waals surface area contributed by atoms with Gasteiger partial charge < -0.3 is 15.2 Å². The SMILES string of the molecule is O=[N+]([O-])O.O=[N+]([O-])OCCCCCCO. The van der Waals surface area contributed by atoms with Gasteiger partial charge in [0.2, 0.25) is 0 Å². The van der Waals surface area contributed by atoms with Gasteiger partial charge in [-0.15, -0.1) is 20.2 Å². The Hall–Kier alpha value is -1.64. The first-order chi connectivity index (χ1) is 7.00. The Bertz CT molecular complexity index is 171. The summed E-state index contributed by atoms with van der Waals surface area (Å²) >= 11 is 0. The summed E-state index contributed by atoms with van der Waals surface area (Å²) in [6.45, 7) is 0.356. The molecular weight excluding hydrogens is 212 g/mol. The fraction of sp³-hybridized carbons (Fsp3) is 1.00. The Balaban J connectivity index is 0. The molecule has 0 atom stereocenters. The Kier molecular flexibility index (Phi) is 13.0. The van der Waals surface area contributed by atoms with Crippen LogP contribution in [0.15, 0.2) is 0 Å². The quantitative estimate of drug-likeness (QED) is 0.364. The number of hydrogen-bond donors (Lipinski definition) is 2. The minimum Gasteiger partial charge on any atom is -0.396 e. The Morgan fingerprint density at radius 1 is 1.07 bits per heavy atom. The zero-order chi connectivity index (χ0) is 12.1. The van der Waals surface area contributed by atoms with Gasteiger partial charge in [0.1, 0.15) is 0 Å². The summed E-state index contributed by atoms with van der Waals surface area (Å²) in [5.41, 5.74) is 0. The average Bonchev–Trinajstić information content (AvgIpc) is 2.09. The molecule has 0 rings (SSSR count). The van der Waals surface area contributed by atoms with Crippen molar-refractivity contribution in [2.75, 3.05) is 13.2 Å². The van der Waals surface area contributed by atoms with Gasteiger partial charge in [0.05, 0.1) is 6.61 Å². The van der Waals surface area contributed by atoms with E-state index in [9.17, 15) is 10.1 Å². The molecule has 0 spiro atoms. The molecule has 0 aliphatic carbocycles. The fourth-order valence-corrected chi connectivity index (χ4v) is 0.707. The molecule has 9 heteroatoms. The number of rotatable bonds is 7. The Morgan fingerprint density at radius 3 is 1.93 bits per heavy atom. The first kappa shape index (κ1) is 15.8. The third-order valence-corrected chi connectivity index (χ3v) is 1.25. The van der Waals surface area contributed by atoms with E-state index in [0.717, 1.165) is 19.3 Å². The van der Waals surface area contributed by atoms with Gasteiger partial charge in [0, 0.05) is 6.61 Å². The van der Waals surface area contributed by atoms with Gasteiger partial charge in [-0.2, -0.15) is 0 Å². The monoisotopic (exact) mass is 226 g/mol. The van der Waals surface area contributed by atoms with E-state index < -0.39 is 10.2 Å². The summed E-state index contributed by atoms with van der Waals surface area (Å²) in [5.74, 6) is 0. The predicted molar refractivity (Wildman–Crippen MR) is 47.3 cm³/mol. The van der Waals surface area contributed by atoms with Gasteiger partial charge >= 0.3 is 0 Å². The van der Waals surface area contributed by atoms with E-state index in [1.165, 1.54) is 0 Å². The molecule has 0 saturated heterocycles. The molecular formula is C6H14N2O7. The van der Waals surface area contributed by atoms with Crippen LogP contribution in [0.1, 0.15) is 25.7 Å². The summed E-state index contributed by atoms with van der Waals surface area (Å²) in [5, 5.41) is 30.9. The van der Waals surface area contributed by atoms with E-state index in [1.807, 2.05) is 0 Å². The summed E-state index contributed by atoms with van der Waals surface area (Å²) in [4.78, 5) is 22.1. The highest BCUT2D eigenvalue weighted by atomic mass is 16.9. The van der Waals surface area contributed by atoms with E-state index in [1.54, 1.807) is 0 Å². The van der Waals surface area contributed by atoms with Gasteiger partial charge in [-0.3, -0.25) is 0 Å². The van der Waals surface area contributed by atoms with Crippen molar-refractivity contribution in [1.29, 1.82) is 0 Å². The summed E-state index contributed by atoms with van der Waals surface area (Å²) < 4.78 is 0. The largest absolute Gasteiger partial charge is 0.396 e. The van der Waals surface area contributed by atoms with Crippen LogP contribution in [0.3, 0.4) is 0 Å². The smallest absolute Gasteiger partial charge is 0.294 e. The van der Waals surface area contributed by atoms with E-state index in [2.05, 4.69) is 4.84 Å². The van der Waals surface area contributed by atoms with Gasteiger partial charge in [-0.1, -0.05) is 12.8 Å². The maximum absolute atomic E-state index is 9.63. The number of nitrogens with zero attached hydrogens (tertiary/aromatic N) is 2. The lowest BCUT2D eigenvalue weighted by molar-refractivity contribution is -0.757. The topological polar surface area (TPSA) is 136 Å². The van der Waals surface area contributed by atoms with Crippen molar-refractivity contribution in [3.05, 3.63) is 20.2 Å². The van der Waals surface area contributed by atoms with Crippen molar-refractivity contribution in [2.45, 2.75) is 25.7 Å². The molecule has 0 radical (unpaired) electrons. The zero-order valence-corrected chi connectivity index (χ0v) is 8.07. The van der Waals surface area contributed by atoms with Crippen LogP contribution in [0.4, 0.5) is 0 Å². The first-order valence-corrected chi connectivity index (χ1v) is 4.22. The van der Waals surface area contributed by atoms with E-state index in [4.69, 9.17) is 20.4 Å². The minimum atomic E-state index is -1.50. The van der Waals surface area contributed by atoms with Crippen LogP contribution in [0.5, 0.6) is 0 Å². The van der Waals surface area contributed by atoms with Gasteiger partial charge in [0.15, 0.2) is 0 Å². The number of hydrogen-bond acceptors (Lipinski definition) is 6. The minimum absolute atomic E-state index is 0.165. The van der Waals surface area contributed by atoms with Crippen LogP contribution in [-0.2, 0) is 4.84 Å². The number of aliphatic hydroxyl groups excluding tert-OH is 1. The molecule has 2 N–H and O–H groups in total. The first-order valence-electron chi connectivity index (χ1n) is 4.22. The second-order valence-electron chi connectivity index (χ2n) is 2.43. The lowest BCUT2D eigenvalue weighted by Crippen LogP contribution is -2.01. The molecule has 0 heterocycles. The van der Waals surface area contributed by atoms with E-state index in [0.29, 0.717) is 6.42 Å². The van der Waals surface area contributed by atoms with Crippen LogP contribution >= 0.6 is 0 Å². The molecule has 0 bridgehead atoms. The molecule has 0 aromatic rings. The van der Waals surface area contributed by atoms with Crippen LogP contribution in [-0.4, -0.2) is 33.7 Å². The maximum atomic E-state index is 9.63. The molecule has 15 heavy (non-hydrogen) atoms. The van der Waals surface area contributed by atoms with Crippen molar-refractivity contribution in [1.82, 2.24) is 0 Å². The summed E-state index contributed by atoms with van der Waals surface area (Å²) in [6.07, 6.45) is 3.21. The molecule has 0 aromatic heterocycles. The second kappa shape index (κ2) is 12.4. The normalized spacial score (nSPS) is 8.60. The van der Waals surface area contributed by atoms with Crippen LogP contribution < -0.4 is 0 Å². The van der Waals surface area contributed by atoms with Crippen LogP contribution in [0, 0.1) is 20.2 Å². The van der Waals surface area contributed by atoms with Crippen molar-refractivity contribution in [2.24, 2.45) is 0 Å². The lowest BCUT2D eigenvalue weighted by Gasteiger charge is -1.97. The molecule has 0 saturated carbocycles. The zero-order valence-electron chi connectivity index (χ0n) is 8.07. The molecule has 0 aliphatic heterocycles. The Morgan fingerprint density at radius 2 is 1.53 bits per heavy atom. The Labute approximate surface area is 85.5 Å². The molecule has 90 valence electrons. The highest BCUT2D eigenvalue weighted by Gasteiger charge is 1.93. The molecule has 0 aromatic carbocycles. The summed E-state index contributed by atoms with van der Waals surface area (Å²) in [7, 11) is 0. The molecule has 0 fully saturated rings. The molecule has 0 unspecified atom stereocenters. The number of unbranched alkanes of at least 4 members (excludes halogenated alkanes) is 3. The number of aliphatic hydroxyl groups is 1. The average molecular weight is 226 g/mol. The summed E-state index contributed by atoms with van der Waals surface area (Å²) in [6, 6.07) is 0. The van der Waals surface area contributed by atoms with Gasteiger partial charge in [-0.25, -0.2) is 0 Å². The van der Waals surface area contributed by atoms with Gasteiger partial charge in [0.25, 0.3) is 10.2 Å². The molecule has 0 amide bonds. The third kappa shape index (κ3) is 32.8. The fourth-order valence-electron chi connectivity index (χ4n) is 0.707. The van der Waals surface area contributed by atoms with Crippen LogP contribution in [0.2, 0.25) is 0 Å². The third-order valence-electron chi connectivity index (χ3n) is 1.25. The van der Waals surface area contributed by atoms with Crippen molar-refractivity contribution in [3.8, 4) is 0 Å². The standard InChI is InChI=1S/C6H13NO4.HNO3/c8-5-3-1-2-4-6-11-7(9)10;2-1(3)4/h8H,1-6H2;(H,2,3,4). The maximum Gasteiger partial charge on any atom is 0.294 e. The highest BCUT2D eigenvalue weighted by Crippen LogP contribution is 1.98. The van der Waals surface area contributed by atoms with Crippen molar-refractivity contribution >= 4 is 0 Å². The van der Waals surface area contributed by atoms with E-state index >= 15 is 0 Å². The molecule has 0 aliphatic rings. The predicted octanol–water partition coefficient (Wildman–Crippen LogP) is 0.400. The van der Waals surface area contributed by atoms with Gasteiger partial charge in [-0.05, 0) is 12.8 Å². The van der Waals surface area contributed by atoms with Crippen LogP contribution in [0.25, 0.3) is 0 Å². The molecule has 9 nitrogen and oxygen atoms in total. The van der Waals surface area contributed by atoms with E-state index in [-0.39, 0.29) is 13.2 Å². The second-order valence-corrected chi connectivity index (χ2v) is 2.43. The van der Waals surface area contributed by atoms with Crippen molar-refractivity contribution in [3.63, 3.8) is 0 Å².